The lowest BCUT2D eigenvalue weighted by atomic mass is 10.2. The fourth-order valence-electron chi connectivity index (χ4n) is 1.11. The first-order valence-corrected chi connectivity index (χ1v) is 4.20. The summed E-state index contributed by atoms with van der Waals surface area (Å²) in [5.41, 5.74) is 7.37. The van der Waals surface area contributed by atoms with Gasteiger partial charge in [0.15, 0.2) is 5.95 Å². The van der Waals surface area contributed by atoms with Gasteiger partial charge < -0.3 is 16.2 Å². The predicted molar refractivity (Wildman–Crippen MR) is 57.1 cm³/mol. The molecule has 0 aliphatic carbocycles. The number of nitrogens with zero attached hydrogens (tertiary/aromatic N) is 1. The quantitative estimate of drug-likeness (QED) is 0.749. The lowest BCUT2D eigenvalue weighted by Gasteiger charge is -1.96. The van der Waals surface area contributed by atoms with Crippen LogP contribution in [0.2, 0.25) is 5.02 Å². The number of H-pyrrole nitrogens is 1. The first-order chi connectivity index (χ1) is 6.25. The van der Waals surface area contributed by atoms with Crippen molar-refractivity contribution >= 4 is 17.5 Å². The van der Waals surface area contributed by atoms with Crippen LogP contribution in [0.15, 0.2) is 30.5 Å². The second kappa shape index (κ2) is 4.13. The van der Waals surface area contributed by atoms with Gasteiger partial charge in [0, 0.05) is 5.02 Å². The number of nitrogens with one attached hydrogen (secondary N) is 1. The van der Waals surface area contributed by atoms with Crippen LogP contribution in [0.5, 0.6) is 0 Å². The monoisotopic (exact) mass is 211 g/mol. The highest BCUT2D eigenvalue weighted by Crippen LogP contribution is 2.19. The van der Waals surface area contributed by atoms with Crippen molar-refractivity contribution in [2.24, 2.45) is 0 Å². The first-order valence-electron chi connectivity index (χ1n) is 3.82. The van der Waals surface area contributed by atoms with Crippen molar-refractivity contribution in [3.8, 4) is 11.3 Å². The van der Waals surface area contributed by atoms with Crippen LogP contribution in [0, 0.1) is 0 Å². The molecule has 0 unspecified atom stereocenters. The minimum atomic E-state index is 0. The van der Waals surface area contributed by atoms with E-state index in [0.29, 0.717) is 5.95 Å². The minimum absolute atomic E-state index is 0. The molecule has 0 saturated carbocycles. The van der Waals surface area contributed by atoms with Gasteiger partial charge in [0.1, 0.15) is 0 Å². The summed E-state index contributed by atoms with van der Waals surface area (Å²) in [5, 5.41) is 0.719. The highest BCUT2D eigenvalue weighted by atomic mass is 35.5. The Bertz CT molecular complexity index is 410. The Morgan fingerprint density at radius 3 is 2.36 bits per heavy atom. The number of imidazole rings is 1. The van der Waals surface area contributed by atoms with E-state index in [-0.39, 0.29) is 5.48 Å². The van der Waals surface area contributed by atoms with Gasteiger partial charge >= 0.3 is 0 Å². The SMILES string of the molecule is Nc1ncc(-c2ccc(Cl)cc2)[nH]1.O. The van der Waals surface area contributed by atoms with Crippen molar-refractivity contribution in [1.29, 1.82) is 0 Å². The normalized spacial score (nSPS) is 9.50. The van der Waals surface area contributed by atoms with Crippen LogP contribution in [0.1, 0.15) is 0 Å². The van der Waals surface area contributed by atoms with Crippen LogP contribution in [-0.4, -0.2) is 15.4 Å². The fourth-order valence-corrected chi connectivity index (χ4v) is 1.24. The summed E-state index contributed by atoms with van der Waals surface area (Å²) < 4.78 is 0. The van der Waals surface area contributed by atoms with Gasteiger partial charge in [0.2, 0.25) is 0 Å². The molecule has 0 aliphatic heterocycles. The molecular weight excluding hydrogens is 202 g/mol. The molecule has 0 amide bonds. The molecule has 1 aromatic carbocycles. The van der Waals surface area contributed by atoms with E-state index < -0.39 is 0 Å². The number of aromatic amines is 1. The van der Waals surface area contributed by atoms with Crippen molar-refractivity contribution in [2.45, 2.75) is 0 Å². The van der Waals surface area contributed by atoms with Crippen LogP contribution >= 0.6 is 11.6 Å². The molecule has 0 spiro atoms. The van der Waals surface area contributed by atoms with E-state index in [0.717, 1.165) is 16.3 Å². The summed E-state index contributed by atoms with van der Waals surface area (Å²) in [4.78, 5) is 6.84. The molecule has 2 aromatic rings. The van der Waals surface area contributed by atoms with Crippen molar-refractivity contribution < 1.29 is 5.48 Å². The van der Waals surface area contributed by atoms with Gasteiger partial charge in [-0.25, -0.2) is 4.98 Å². The topological polar surface area (TPSA) is 86.2 Å². The van der Waals surface area contributed by atoms with Crippen LogP contribution in [0.4, 0.5) is 5.95 Å². The molecule has 0 fully saturated rings. The van der Waals surface area contributed by atoms with Crippen molar-refractivity contribution in [2.75, 3.05) is 5.73 Å². The summed E-state index contributed by atoms with van der Waals surface area (Å²) in [5.74, 6) is 0.421. The predicted octanol–water partition coefficient (Wildman–Crippen LogP) is 1.49. The Labute approximate surface area is 86.0 Å². The summed E-state index contributed by atoms with van der Waals surface area (Å²) in [6.07, 6.45) is 1.69. The number of aromatic nitrogens is 2. The van der Waals surface area contributed by atoms with Gasteiger partial charge in [-0.1, -0.05) is 23.7 Å². The van der Waals surface area contributed by atoms with Crippen LogP contribution in [-0.2, 0) is 0 Å². The third-order valence-corrected chi connectivity index (χ3v) is 2.00. The maximum atomic E-state index is 5.75. The second-order valence-corrected chi connectivity index (χ2v) is 3.13. The van der Waals surface area contributed by atoms with Crippen molar-refractivity contribution in [1.82, 2.24) is 9.97 Å². The van der Waals surface area contributed by atoms with Crippen molar-refractivity contribution in [3.05, 3.63) is 35.5 Å². The van der Waals surface area contributed by atoms with Crippen molar-refractivity contribution in [3.63, 3.8) is 0 Å². The summed E-state index contributed by atoms with van der Waals surface area (Å²) in [6, 6.07) is 7.48. The Balaban J connectivity index is 0.000000980. The van der Waals surface area contributed by atoms with Crippen LogP contribution < -0.4 is 5.73 Å². The van der Waals surface area contributed by atoms with E-state index >= 15 is 0 Å². The third kappa shape index (κ3) is 2.04. The lowest BCUT2D eigenvalue weighted by molar-refractivity contribution is 0.824. The molecule has 0 radical (unpaired) electrons. The van der Waals surface area contributed by atoms with E-state index in [1.54, 1.807) is 6.20 Å². The smallest absolute Gasteiger partial charge is 0.197 e. The molecular formula is C9H10ClN3O. The number of halogens is 1. The number of rotatable bonds is 1. The lowest BCUT2D eigenvalue weighted by Crippen LogP contribution is -1.85. The molecule has 14 heavy (non-hydrogen) atoms. The van der Waals surface area contributed by atoms with E-state index in [2.05, 4.69) is 9.97 Å². The van der Waals surface area contributed by atoms with Crippen LogP contribution in [0.3, 0.4) is 0 Å². The fraction of sp³-hybridized carbons (Fsp3) is 0. The Morgan fingerprint density at radius 1 is 1.21 bits per heavy atom. The van der Waals surface area contributed by atoms with Gasteiger partial charge in [-0.15, -0.1) is 0 Å². The van der Waals surface area contributed by atoms with Gasteiger partial charge in [0.25, 0.3) is 0 Å². The maximum absolute atomic E-state index is 5.75. The molecule has 0 aliphatic rings. The van der Waals surface area contributed by atoms with Crippen LogP contribution in [0.25, 0.3) is 11.3 Å². The van der Waals surface area contributed by atoms with E-state index in [9.17, 15) is 0 Å². The Morgan fingerprint density at radius 2 is 1.86 bits per heavy atom. The zero-order valence-corrected chi connectivity index (χ0v) is 8.05. The molecule has 0 saturated heterocycles. The largest absolute Gasteiger partial charge is 0.412 e. The van der Waals surface area contributed by atoms with Gasteiger partial charge in [-0.3, -0.25) is 0 Å². The molecule has 5 N–H and O–H groups in total. The number of nitrogens with two attached hydrogens (primary N) is 1. The molecule has 74 valence electrons. The first kappa shape index (κ1) is 10.6. The molecule has 5 heteroatoms. The number of nitrogen functional groups attached to an aromatic ring is 1. The molecule has 0 atom stereocenters. The van der Waals surface area contributed by atoms with E-state index in [1.807, 2.05) is 24.3 Å². The number of anilines is 1. The molecule has 1 heterocycles. The Hall–Kier alpha value is -1.52. The standard InChI is InChI=1S/C9H8ClN3.H2O/c10-7-3-1-6(2-4-7)8-5-12-9(11)13-8;/h1-5H,(H3,11,12,13);1H2. The summed E-state index contributed by atoms with van der Waals surface area (Å²) >= 11 is 5.75. The molecule has 4 nitrogen and oxygen atoms in total. The van der Waals surface area contributed by atoms with E-state index in [1.165, 1.54) is 0 Å². The zero-order valence-electron chi connectivity index (χ0n) is 7.29. The molecule has 0 bridgehead atoms. The maximum Gasteiger partial charge on any atom is 0.197 e. The third-order valence-electron chi connectivity index (χ3n) is 1.75. The number of hydrogen-bond donors (Lipinski definition) is 2. The Kier molecular flexibility index (Phi) is 3.11. The van der Waals surface area contributed by atoms with Gasteiger partial charge in [0.05, 0.1) is 11.9 Å². The summed E-state index contributed by atoms with van der Waals surface area (Å²) in [7, 11) is 0. The number of benzene rings is 1. The van der Waals surface area contributed by atoms with Gasteiger partial charge in [-0.05, 0) is 17.7 Å². The zero-order chi connectivity index (χ0) is 9.26. The number of hydrogen-bond acceptors (Lipinski definition) is 2. The summed E-state index contributed by atoms with van der Waals surface area (Å²) in [6.45, 7) is 0. The average Bonchev–Trinajstić information content (AvgIpc) is 2.53. The minimum Gasteiger partial charge on any atom is -0.412 e. The molecule has 2 rings (SSSR count). The molecule has 1 aromatic heterocycles. The highest BCUT2D eigenvalue weighted by molar-refractivity contribution is 6.30. The highest BCUT2D eigenvalue weighted by Gasteiger charge is 1.99. The average molecular weight is 212 g/mol. The second-order valence-electron chi connectivity index (χ2n) is 2.69. The van der Waals surface area contributed by atoms with Gasteiger partial charge in [-0.2, -0.15) is 0 Å². The van der Waals surface area contributed by atoms with E-state index in [4.69, 9.17) is 17.3 Å².